The molecule has 0 bridgehead atoms. The lowest BCUT2D eigenvalue weighted by Crippen LogP contribution is -2.27. The Morgan fingerprint density at radius 2 is 2.18 bits per heavy atom. The molecule has 2 aromatic rings. The van der Waals surface area contributed by atoms with Crippen LogP contribution in [0.2, 0.25) is 0 Å². The first-order valence-electron chi connectivity index (χ1n) is 7.31. The zero-order valence-corrected chi connectivity index (χ0v) is 13.9. The molecule has 118 valence electrons. The van der Waals surface area contributed by atoms with Gasteiger partial charge in [-0.15, -0.1) is 23.7 Å². The minimum absolute atomic E-state index is 0. The summed E-state index contributed by atoms with van der Waals surface area (Å²) in [6.45, 7) is 1.02. The number of hydrogen-bond donors (Lipinski definition) is 2. The van der Waals surface area contributed by atoms with Crippen LogP contribution in [0.15, 0.2) is 36.5 Å². The normalized spacial score (nSPS) is 17.0. The largest absolute Gasteiger partial charge is 0.313 e. The van der Waals surface area contributed by atoms with Crippen molar-refractivity contribution in [3.63, 3.8) is 0 Å². The molecule has 2 heterocycles. The van der Waals surface area contributed by atoms with Crippen LogP contribution in [0.4, 0.5) is 5.13 Å². The number of anilines is 1. The van der Waals surface area contributed by atoms with Crippen molar-refractivity contribution in [1.29, 1.82) is 0 Å². The third kappa shape index (κ3) is 4.80. The number of amides is 1. The van der Waals surface area contributed by atoms with Crippen molar-refractivity contribution in [1.82, 2.24) is 10.3 Å². The molecule has 1 unspecified atom stereocenters. The van der Waals surface area contributed by atoms with Crippen LogP contribution in [-0.4, -0.2) is 23.5 Å². The van der Waals surface area contributed by atoms with Gasteiger partial charge in [-0.1, -0.05) is 30.3 Å². The van der Waals surface area contributed by atoms with E-state index in [2.05, 4.69) is 27.8 Å². The van der Waals surface area contributed by atoms with Crippen molar-refractivity contribution >= 4 is 34.8 Å². The molecule has 0 aliphatic carbocycles. The molecular weight excluding hydrogens is 318 g/mol. The van der Waals surface area contributed by atoms with Gasteiger partial charge in [0.15, 0.2) is 5.13 Å². The highest BCUT2D eigenvalue weighted by atomic mass is 35.5. The van der Waals surface area contributed by atoms with Crippen molar-refractivity contribution in [2.45, 2.75) is 31.7 Å². The van der Waals surface area contributed by atoms with E-state index in [0.29, 0.717) is 17.6 Å². The molecule has 1 fully saturated rings. The maximum atomic E-state index is 12.0. The van der Waals surface area contributed by atoms with Gasteiger partial charge in [0.1, 0.15) is 0 Å². The van der Waals surface area contributed by atoms with Gasteiger partial charge in [0, 0.05) is 30.0 Å². The maximum Gasteiger partial charge on any atom is 0.227 e. The van der Waals surface area contributed by atoms with Crippen LogP contribution in [-0.2, 0) is 11.2 Å². The Morgan fingerprint density at radius 1 is 1.36 bits per heavy atom. The minimum Gasteiger partial charge on any atom is -0.313 e. The Morgan fingerprint density at radius 3 is 2.91 bits per heavy atom. The van der Waals surface area contributed by atoms with Gasteiger partial charge < -0.3 is 10.6 Å². The quantitative estimate of drug-likeness (QED) is 0.880. The lowest BCUT2D eigenvalue weighted by molar-refractivity contribution is -0.116. The van der Waals surface area contributed by atoms with Gasteiger partial charge in [0.05, 0.1) is 0 Å². The third-order valence-electron chi connectivity index (χ3n) is 3.62. The molecular formula is C16H20ClN3OS. The summed E-state index contributed by atoms with van der Waals surface area (Å²) >= 11 is 1.55. The highest BCUT2D eigenvalue weighted by molar-refractivity contribution is 7.15. The standard InChI is InChI=1S/C16H19N3OS.ClH/c20-15(10-13-7-4-8-17-13)19-16-18-11-14(21-16)9-12-5-2-1-3-6-12;/h1-3,5-6,11,13,17H,4,7-10H2,(H,18,19,20);1H. The van der Waals surface area contributed by atoms with E-state index in [4.69, 9.17) is 0 Å². The highest BCUT2D eigenvalue weighted by Gasteiger charge is 2.18. The van der Waals surface area contributed by atoms with E-state index in [1.807, 2.05) is 24.4 Å². The van der Waals surface area contributed by atoms with Gasteiger partial charge in [-0.05, 0) is 24.9 Å². The summed E-state index contributed by atoms with van der Waals surface area (Å²) in [6, 6.07) is 10.6. The second kappa shape index (κ2) is 8.27. The van der Waals surface area contributed by atoms with E-state index in [1.165, 1.54) is 5.56 Å². The number of nitrogens with zero attached hydrogens (tertiary/aromatic N) is 1. The van der Waals surface area contributed by atoms with E-state index < -0.39 is 0 Å². The fourth-order valence-corrected chi connectivity index (χ4v) is 3.43. The lowest BCUT2D eigenvalue weighted by atomic mass is 10.1. The Labute approximate surface area is 140 Å². The molecule has 6 heteroatoms. The summed E-state index contributed by atoms with van der Waals surface area (Å²) in [6.07, 6.45) is 5.49. The van der Waals surface area contributed by atoms with Crippen LogP contribution in [0, 0.1) is 0 Å². The number of nitrogens with one attached hydrogen (secondary N) is 2. The molecule has 0 radical (unpaired) electrons. The van der Waals surface area contributed by atoms with Crippen molar-refractivity contribution in [2.24, 2.45) is 0 Å². The predicted molar refractivity (Wildman–Crippen MR) is 92.9 cm³/mol. The maximum absolute atomic E-state index is 12.0. The third-order valence-corrected chi connectivity index (χ3v) is 4.53. The number of aromatic nitrogens is 1. The molecule has 22 heavy (non-hydrogen) atoms. The number of benzene rings is 1. The molecule has 2 N–H and O–H groups in total. The van der Waals surface area contributed by atoms with E-state index in [9.17, 15) is 4.79 Å². The average molecular weight is 338 g/mol. The fraction of sp³-hybridized carbons (Fsp3) is 0.375. The predicted octanol–water partition coefficient (Wildman–Crippen LogP) is 3.24. The smallest absolute Gasteiger partial charge is 0.227 e. The summed E-state index contributed by atoms with van der Waals surface area (Å²) in [7, 11) is 0. The van der Waals surface area contributed by atoms with Crippen molar-refractivity contribution < 1.29 is 4.79 Å². The van der Waals surface area contributed by atoms with Crippen molar-refractivity contribution in [2.75, 3.05) is 11.9 Å². The van der Waals surface area contributed by atoms with Gasteiger partial charge in [-0.2, -0.15) is 0 Å². The highest BCUT2D eigenvalue weighted by Crippen LogP contribution is 2.21. The Kier molecular flexibility index (Phi) is 6.36. The Hall–Kier alpha value is -1.43. The van der Waals surface area contributed by atoms with Crippen LogP contribution in [0.25, 0.3) is 0 Å². The summed E-state index contributed by atoms with van der Waals surface area (Å²) in [5.74, 6) is 0.0509. The number of hydrogen-bond acceptors (Lipinski definition) is 4. The van der Waals surface area contributed by atoms with E-state index in [-0.39, 0.29) is 18.3 Å². The topological polar surface area (TPSA) is 54.0 Å². The molecule has 1 saturated heterocycles. The zero-order valence-electron chi connectivity index (χ0n) is 12.2. The molecule has 1 atom stereocenters. The van der Waals surface area contributed by atoms with Crippen LogP contribution in [0.1, 0.15) is 29.7 Å². The van der Waals surface area contributed by atoms with E-state index >= 15 is 0 Å². The number of carbonyl (C=O) groups is 1. The molecule has 1 aliphatic heterocycles. The van der Waals surface area contributed by atoms with Gasteiger partial charge in [0.2, 0.25) is 5.91 Å². The van der Waals surface area contributed by atoms with Gasteiger partial charge >= 0.3 is 0 Å². The van der Waals surface area contributed by atoms with Crippen LogP contribution in [0.3, 0.4) is 0 Å². The first-order chi connectivity index (χ1) is 10.3. The summed E-state index contributed by atoms with van der Waals surface area (Å²) in [5, 5.41) is 6.93. The first kappa shape index (κ1) is 16.9. The average Bonchev–Trinajstić information content (AvgIpc) is 3.12. The number of thiazole rings is 1. The first-order valence-corrected chi connectivity index (χ1v) is 8.13. The molecule has 1 aromatic heterocycles. The fourth-order valence-electron chi connectivity index (χ4n) is 2.57. The molecule has 4 nitrogen and oxygen atoms in total. The monoisotopic (exact) mass is 337 g/mol. The second-order valence-electron chi connectivity index (χ2n) is 5.34. The van der Waals surface area contributed by atoms with Gasteiger partial charge in [0.25, 0.3) is 0 Å². The SMILES string of the molecule is Cl.O=C(CC1CCCN1)Nc1ncc(Cc2ccccc2)s1. The van der Waals surface area contributed by atoms with E-state index in [1.54, 1.807) is 11.3 Å². The molecule has 1 aliphatic rings. The van der Waals surface area contributed by atoms with Crippen LogP contribution < -0.4 is 10.6 Å². The van der Waals surface area contributed by atoms with Crippen LogP contribution in [0.5, 0.6) is 0 Å². The summed E-state index contributed by atoms with van der Waals surface area (Å²) < 4.78 is 0. The van der Waals surface area contributed by atoms with Gasteiger partial charge in [-0.3, -0.25) is 4.79 Å². The zero-order chi connectivity index (χ0) is 14.5. The molecule has 1 aromatic carbocycles. The minimum atomic E-state index is 0. The molecule has 0 spiro atoms. The van der Waals surface area contributed by atoms with Crippen molar-refractivity contribution in [3.8, 4) is 0 Å². The van der Waals surface area contributed by atoms with Gasteiger partial charge in [-0.25, -0.2) is 4.98 Å². The van der Waals surface area contributed by atoms with E-state index in [0.717, 1.165) is 30.7 Å². The summed E-state index contributed by atoms with van der Waals surface area (Å²) in [5.41, 5.74) is 1.26. The van der Waals surface area contributed by atoms with Crippen LogP contribution >= 0.6 is 23.7 Å². The lowest BCUT2D eigenvalue weighted by Gasteiger charge is -2.08. The summed E-state index contributed by atoms with van der Waals surface area (Å²) in [4.78, 5) is 17.4. The second-order valence-corrected chi connectivity index (χ2v) is 6.45. The Balaban J connectivity index is 0.00000176. The number of rotatable bonds is 5. The molecule has 3 rings (SSSR count). The van der Waals surface area contributed by atoms with Crippen molar-refractivity contribution in [3.05, 3.63) is 47.0 Å². The number of carbonyl (C=O) groups excluding carboxylic acids is 1. The molecule has 0 saturated carbocycles. The Bertz CT molecular complexity index is 596. The number of halogens is 1. The molecule has 1 amide bonds.